The topological polar surface area (TPSA) is 93.9 Å². The van der Waals surface area contributed by atoms with E-state index in [1.54, 1.807) is 40.0 Å². The summed E-state index contributed by atoms with van der Waals surface area (Å²) in [4.78, 5) is 26.2. The zero-order valence-electron chi connectivity index (χ0n) is 19.6. The van der Waals surface area contributed by atoms with Crippen LogP contribution in [0, 0.1) is 0 Å². The summed E-state index contributed by atoms with van der Waals surface area (Å²) in [5.74, 6) is 0.315. The normalized spacial score (nSPS) is 16.2. The molecule has 1 aliphatic heterocycles. The number of hydrogen-bond donors (Lipinski definition) is 1. The summed E-state index contributed by atoms with van der Waals surface area (Å²) in [6.07, 6.45) is 2.77. The zero-order valence-corrected chi connectivity index (χ0v) is 19.6. The molecular formula is C26H29N3O5. The molecule has 2 heterocycles. The van der Waals surface area contributed by atoms with Gasteiger partial charge >= 0.3 is 12.1 Å². The molecule has 0 bridgehead atoms. The van der Waals surface area contributed by atoms with E-state index >= 15 is 0 Å². The number of carbonyl (C=O) groups is 2. The second-order valence-electron chi connectivity index (χ2n) is 9.34. The molecule has 178 valence electrons. The van der Waals surface area contributed by atoms with Crippen LogP contribution < -0.4 is 4.74 Å². The van der Waals surface area contributed by atoms with Crippen molar-refractivity contribution in [1.82, 2.24) is 14.7 Å². The van der Waals surface area contributed by atoms with Gasteiger partial charge in [-0.05, 0) is 70.0 Å². The third-order valence-electron chi connectivity index (χ3n) is 5.49. The van der Waals surface area contributed by atoms with Crippen LogP contribution >= 0.6 is 0 Å². The highest BCUT2D eigenvalue weighted by Gasteiger charge is 2.30. The molecular weight excluding hydrogens is 434 g/mol. The summed E-state index contributed by atoms with van der Waals surface area (Å²) in [5, 5.41) is 14.4. The zero-order chi connectivity index (χ0) is 24.3. The summed E-state index contributed by atoms with van der Waals surface area (Å²) < 4.78 is 13.0. The number of amides is 1. The lowest BCUT2D eigenvalue weighted by molar-refractivity contribution is 0.0167. The molecule has 1 unspecified atom stereocenters. The van der Waals surface area contributed by atoms with Gasteiger partial charge in [0, 0.05) is 24.8 Å². The van der Waals surface area contributed by atoms with Gasteiger partial charge in [-0.15, -0.1) is 0 Å². The number of carboxylic acids is 1. The van der Waals surface area contributed by atoms with Crippen LogP contribution in [0.4, 0.5) is 4.79 Å². The molecule has 8 heteroatoms. The van der Waals surface area contributed by atoms with Crippen molar-refractivity contribution in [1.29, 1.82) is 0 Å². The minimum atomic E-state index is -1.05. The van der Waals surface area contributed by atoms with Crippen molar-refractivity contribution in [2.24, 2.45) is 0 Å². The largest absolute Gasteiger partial charge is 0.478 e. The first kappa shape index (κ1) is 23.4. The molecule has 1 atom stereocenters. The van der Waals surface area contributed by atoms with Crippen molar-refractivity contribution < 1.29 is 24.2 Å². The predicted octanol–water partition coefficient (Wildman–Crippen LogP) is 5.61. The van der Waals surface area contributed by atoms with E-state index in [1.165, 1.54) is 0 Å². The maximum absolute atomic E-state index is 12.5. The molecule has 1 amide bonds. The van der Waals surface area contributed by atoms with Gasteiger partial charge in [-0.1, -0.05) is 18.2 Å². The first-order valence-electron chi connectivity index (χ1n) is 11.3. The van der Waals surface area contributed by atoms with Crippen LogP contribution in [0.5, 0.6) is 11.5 Å². The third kappa shape index (κ3) is 5.57. The summed E-state index contributed by atoms with van der Waals surface area (Å²) in [5.41, 5.74) is 0.603. The number of piperidine rings is 1. The lowest BCUT2D eigenvalue weighted by Crippen LogP contribution is -2.43. The van der Waals surface area contributed by atoms with Gasteiger partial charge in [0.25, 0.3) is 0 Å². The molecule has 0 radical (unpaired) electrons. The van der Waals surface area contributed by atoms with E-state index in [4.69, 9.17) is 9.47 Å². The van der Waals surface area contributed by atoms with Crippen molar-refractivity contribution in [3.05, 3.63) is 66.4 Å². The number of carboxylic acid groups (broad SMARTS) is 1. The number of aromatic nitrogens is 2. The van der Waals surface area contributed by atoms with Gasteiger partial charge in [0.1, 0.15) is 28.4 Å². The smallest absolute Gasteiger partial charge is 0.410 e. The quantitative estimate of drug-likeness (QED) is 0.528. The Kier molecular flexibility index (Phi) is 6.58. The number of hydrogen-bond acceptors (Lipinski definition) is 5. The van der Waals surface area contributed by atoms with Gasteiger partial charge in [0.2, 0.25) is 0 Å². The van der Waals surface area contributed by atoms with Crippen molar-refractivity contribution in [2.45, 2.75) is 45.3 Å². The van der Waals surface area contributed by atoms with Crippen LogP contribution in [-0.2, 0) is 4.74 Å². The summed E-state index contributed by atoms with van der Waals surface area (Å²) >= 11 is 0. The van der Waals surface area contributed by atoms with E-state index in [0.29, 0.717) is 30.1 Å². The number of rotatable bonds is 5. The number of ether oxygens (including phenoxy) is 2. The number of benzene rings is 2. The Morgan fingerprint density at radius 1 is 1.03 bits per heavy atom. The highest BCUT2D eigenvalue weighted by Crippen LogP contribution is 2.30. The SMILES string of the molecule is CC(C)(C)OC(=O)N1CCCC(n2cc(C(=O)O)c(-c3ccc(Oc4ccccc4)cc3)n2)C1. The molecule has 1 aliphatic rings. The Bertz CT molecular complexity index is 1150. The Hall–Kier alpha value is -3.81. The fourth-order valence-corrected chi connectivity index (χ4v) is 3.92. The van der Waals surface area contributed by atoms with Gasteiger partial charge in [0.15, 0.2) is 0 Å². The molecule has 0 spiro atoms. The number of para-hydroxylation sites is 1. The molecule has 3 aromatic rings. The van der Waals surface area contributed by atoms with Gasteiger partial charge in [0.05, 0.1) is 6.04 Å². The Balaban J connectivity index is 1.54. The highest BCUT2D eigenvalue weighted by molar-refractivity contribution is 5.94. The molecule has 4 rings (SSSR count). The highest BCUT2D eigenvalue weighted by atomic mass is 16.6. The number of aromatic carboxylic acids is 1. The molecule has 0 saturated carbocycles. The Morgan fingerprint density at radius 3 is 2.35 bits per heavy atom. The lowest BCUT2D eigenvalue weighted by Gasteiger charge is -2.34. The first-order chi connectivity index (χ1) is 16.2. The van der Waals surface area contributed by atoms with Crippen LogP contribution in [-0.4, -0.2) is 50.5 Å². The van der Waals surface area contributed by atoms with Crippen molar-refractivity contribution >= 4 is 12.1 Å². The molecule has 1 aromatic heterocycles. The molecule has 0 aliphatic carbocycles. The van der Waals surface area contributed by atoms with E-state index in [9.17, 15) is 14.7 Å². The second-order valence-corrected chi connectivity index (χ2v) is 9.34. The fraction of sp³-hybridized carbons (Fsp3) is 0.346. The molecule has 8 nitrogen and oxygen atoms in total. The number of likely N-dealkylation sites (tertiary alicyclic amines) is 1. The third-order valence-corrected chi connectivity index (χ3v) is 5.49. The molecule has 34 heavy (non-hydrogen) atoms. The molecule has 1 saturated heterocycles. The van der Waals surface area contributed by atoms with Gasteiger partial charge in [-0.25, -0.2) is 9.59 Å². The molecule has 1 fully saturated rings. The standard InChI is InChI=1S/C26H29N3O5/c1-26(2,3)34-25(32)28-15-7-8-19(16-28)29-17-22(24(30)31)23(27-29)18-11-13-21(14-12-18)33-20-9-5-4-6-10-20/h4-6,9-14,17,19H,7-8,15-16H2,1-3H3,(H,30,31). The lowest BCUT2D eigenvalue weighted by atomic mass is 10.1. The van der Waals surface area contributed by atoms with Crippen LogP contribution in [0.2, 0.25) is 0 Å². The van der Waals surface area contributed by atoms with Crippen LogP contribution in [0.25, 0.3) is 11.3 Å². The Labute approximate surface area is 198 Å². The van der Waals surface area contributed by atoms with Gasteiger partial charge in [-0.3, -0.25) is 4.68 Å². The fourth-order valence-electron chi connectivity index (χ4n) is 3.92. The van der Waals surface area contributed by atoms with Crippen LogP contribution in [0.3, 0.4) is 0 Å². The van der Waals surface area contributed by atoms with E-state index in [1.807, 2.05) is 51.1 Å². The minimum Gasteiger partial charge on any atom is -0.478 e. The van der Waals surface area contributed by atoms with Crippen molar-refractivity contribution in [3.63, 3.8) is 0 Å². The van der Waals surface area contributed by atoms with E-state index in [0.717, 1.165) is 18.6 Å². The van der Waals surface area contributed by atoms with Crippen molar-refractivity contribution in [3.8, 4) is 22.8 Å². The number of carbonyl (C=O) groups excluding carboxylic acids is 1. The second kappa shape index (κ2) is 9.59. The monoisotopic (exact) mass is 463 g/mol. The van der Waals surface area contributed by atoms with Crippen LogP contribution in [0.15, 0.2) is 60.8 Å². The van der Waals surface area contributed by atoms with E-state index in [-0.39, 0.29) is 17.7 Å². The average molecular weight is 464 g/mol. The van der Waals surface area contributed by atoms with Gasteiger partial charge in [-0.2, -0.15) is 5.10 Å². The van der Waals surface area contributed by atoms with Crippen LogP contribution in [0.1, 0.15) is 50.0 Å². The maximum Gasteiger partial charge on any atom is 0.410 e. The predicted molar refractivity (Wildman–Crippen MR) is 127 cm³/mol. The minimum absolute atomic E-state index is 0.117. The molecule has 2 aromatic carbocycles. The summed E-state index contributed by atoms with van der Waals surface area (Å²) in [6.45, 7) is 6.53. The average Bonchev–Trinajstić information content (AvgIpc) is 3.25. The Morgan fingerprint density at radius 2 is 1.71 bits per heavy atom. The van der Waals surface area contributed by atoms with Crippen molar-refractivity contribution in [2.75, 3.05) is 13.1 Å². The molecule has 1 N–H and O–H groups in total. The van der Waals surface area contributed by atoms with E-state index < -0.39 is 11.6 Å². The first-order valence-corrected chi connectivity index (χ1v) is 11.3. The number of nitrogens with zero attached hydrogens (tertiary/aromatic N) is 3. The van der Waals surface area contributed by atoms with E-state index in [2.05, 4.69) is 5.10 Å². The summed E-state index contributed by atoms with van der Waals surface area (Å²) in [6, 6.07) is 16.5. The summed E-state index contributed by atoms with van der Waals surface area (Å²) in [7, 11) is 0. The van der Waals surface area contributed by atoms with Gasteiger partial charge < -0.3 is 19.5 Å². The maximum atomic E-state index is 12.5.